The summed E-state index contributed by atoms with van der Waals surface area (Å²) in [5, 5.41) is 9.48. The quantitative estimate of drug-likeness (QED) is 0.523. The number of phenols is 1. The molecule has 0 aliphatic heterocycles. The molecule has 0 fully saturated rings. The van der Waals surface area contributed by atoms with E-state index < -0.39 is 12.0 Å². The summed E-state index contributed by atoms with van der Waals surface area (Å²) in [7, 11) is 0. The van der Waals surface area contributed by atoms with Crippen LogP contribution in [0.3, 0.4) is 0 Å². The van der Waals surface area contributed by atoms with E-state index in [2.05, 4.69) is 0 Å². The number of aryl methyl sites for hydroxylation is 1. The number of carbonyl (C=O) groups is 1. The van der Waals surface area contributed by atoms with Crippen molar-refractivity contribution >= 4 is 11.6 Å². The third kappa shape index (κ3) is 2.56. The van der Waals surface area contributed by atoms with E-state index in [0.717, 1.165) is 0 Å². The molecule has 0 spiro atoms. The van der Waals surface area contributed by atoms with E-state index in [4.69, 9.17) is 16.2 Å². The maximum atomic E-state index is 11.0. The van der Waals surface area contributed by atoms with Crippen LogP contribution < -0.4 is 16.2 Å². The van der Waals surface area contributed by atoms with Crippen molar-refractivity contribution in [3.63, 3.8) is 0 Å². The number of primary amides is 1. The molecule has 1 atom stereocenters. The van der Waals surface area contributed by atoms with Gasteiger partial charge in [0.25, 0.3) is 5.91 Å². The highest BCUT2D eigenvalue weighted by Gasteiger charge is 2.15. The van der Waals surface area contributed by atoms with Gasteiger partial charge < -0.3 is 21.3 Å². The molecule has 88 valence electrons. The molecule has 0 aliphatic carbocycles. The zero-order valence-electron chi connectivity index (χ0n) is 9.36. The van der Waals surface area contributed by atoms with Crippen molar-refractivity contribution in [2.75, 3.05) is 5.73 Å². The second-order valence-electron chi connectivity index (χ2n) is 3.59. The topological polar surface area (TPSA) is 98.6 Å². The molecule has 0 radical (unpaired) electrons. The van der Waals surface area contributed by atoms with Crippen molar-refractivity contribution in [2.24, 2.45) is 5.73 Å². The normalized spacial score (nSPS) is 12.1. The van der Waals surface area contributed by atoms with E-state index in [1.54, 1.807) is 19.9 Å². The van der Waals surface area contributed by atoms with Crippen LogP contribution in [0.15, 0.2) is 12.1 Å². The van der Waals surface area contributed by atoms with E-state index in [1.165, 1.54) is 6.07 Å². The highest BCUT2D eigenvalue weighted by Crippen LogP contribution is 2.30. The lowest BCUT2D eigenvalue weighted by Gasteiger charge is -2.15. The molecule has 5 N–H and O–H groups in total. The molecule has 16 heavy (non-hydrogen) atoms. The van der Waals surface area contributed by atoms with Gasteiger partial charge in [-0.3, -0.25) is 4.79 Å². The number of carbonyl (C=O) groups excluding carboxylic acids is 1. The first-order valence-electron chi connectivity index (χ1n) is 5.00. The molecule has 1 rings (SSSR count). The lowest BCUT2D eigenvalue weighted by molar-refractivity contribution is -0.124. The fourth-order valence-electron chi connectivity index (χ4n) is 1.32. The maximum Gasteiger partial charge on any atom is 0.258 e. The Morgan fingerprint density at radius 2 is 2.19 bits per heavy atom. The molecule has 0 unspecified atom stereocenters. The second kappa shape index (κ2) is 4.74. The molecular weight excluding hydrogens is 208 g/mol. The molecule has 0 saturated heterocycles. The van der Waals surface area contributed by atoms with Crippen LogP contribution in [-0.4, -0.2) is 17.1 Å². The van der Waals surface area contributed by atoms with Crippen molar-refractivity contribution in [2.45, 2.75) is 26.4 Å². The van der Waals surface area contributed by atoms with E-state index in [-0.39, 0.29) is 5.75 Å². The van der Waals surface area contributed by atoms with E-state index in [0.29, 0.717) is 23.4 Å². The summed E-state index contributed by atoms with van der Waals surface area (Å²) >= 11 is 0. The number of amides is 1. The lowest BCUT2D eigenvalue weighted by atomic mass is 10.1. The highest BCUT2D eigenvalue weighted by atomic mass is 16.5. The Morgan fingerprint density at radius 1 is 1.56 bits per heavy atom. The van der Waals surface area contributed by atoms with Crippen LogP contribution in [0.5, 0.6) is 11.5 Å². The van der Waals surface area contributed by atoms with Crippen LogP contribution in [0.4, 0.5) is 5.69 Å². The molecule has 5 heteroatoms. The molecular formula is C11H16N2O3. The summed E-state index contributed by atoms with van der Waals surface area (Å²) < 4.78 is 5.35. The fraction of sp³-hybridized carbons (Fsp3) is 0.364. The summed E-state index contributed by atoms with van der Waals surface area (Å²) in [5.74, 6) is -0.208. The molecule has 0 bridgehead atoms. The minimum atomic E-state index is -0.692. The number of nitrogen functional groups attached to an aromatic ring is 1. The third-order valence-electron chi connectivity index (χ3n) is 2.31. The predicted molar refractivity (Wildman–Crippen MR) is 61.2 cm³/mol. The van der Waals surface area contributed by atoms with Gasteiger partial charge in [-0.2, -0.15) is 0 Å². The molecule has 1 amide bonds. The van der Waals surface area contributed by atoms with Gasteiger partial charge >= 0.3 is 0 Å². The van der Waals surface area contributed by atoms with Gasteiger partial charge in [-0.15, -0.1) is 0 Å². The molecule has 0 aliphatic rings. The summed E-state index contributed by atoms with van der Waals surface area (Å²) in [5.41, 5.74) is 11.7. The van der Waals surface area contributed by atoms with E-state index >= 15 is 0 Å². The Balaban J connectivity index is 2.93. The Bertz CT molecular complexity index is 381. The first kappa shape index (κ1) is 12.2. The van der Waals surface area contributed by atoms with Crippen LogP contribution in [-0.2, 0) is 4.79 Å². The number of ether oxygens (including phenoxy) is 1. The third-order valence-corrected chi connectivity index (χ3v) is 2.31. The van der Waals surface area contributed by atoms with Gasteiger partial charge in [0.1, 0.15) is 11.5 Å². The number of benzene rings is 1. The van der Waals surface area contributed by atoms with E-state index in [1.807, 2.05) is 0 Å². The Kier molecular flexibility index (Phi) is 3.60. The van der Waals surface area contributed by atoms with Gasteiger partial charge in [0, 0.05) is 6.07 Å². The van der Waals surface area contributed by atoms with Crippen LogP contribution in [0, 0.1) is 6.92 Å². The van der Waals surface area contributed by atoms with Gasteiger partial charge in [-0.05, 0) is 25.0 Å². The maximum absolute atomic E-state index is 11.0. The predicted octanol–water partition coefficient (Wildman–Crippen LogP) is 0.926. The SMILES string of the molecule is CC[C@@H](Oc1cc(C)c(N)c(O)c1)C(N)=O. The van der Waals surface area contributed by atoms with Crippen molar-refractivity contribution < 1.29 is 14.6 Å². The minimum Gasteiger partial charge on any atom is -0.506 e. The number of rotatable bonds is 4. The van der Waals surface area contributed by atoms with Gasteiger partial charge in [-0.25, -0.2) is 0 Å². The van der Waals surface area contributed by atoms with E-state index in [9.17, 15) is 9.90 Å². The molecule has 0 saturated carbocycles. The Labute approximate surface area is 94.0 Å². The average Bonchev–Trinajstić information content (AvgIpc) is 2.21. The van der Waals surface area contributed by atoms with Crippen molar-refractivity contribution in [3.8, 4) is 11.5 Å². The van der Waals surface area contributed by atoms with Crippen molar-refractivity contribution in [1.29, 1.82) is 0 Å². The van der Waals surface area contributed by atoms with Crippen molar-refractivity contribution in [1.82, 2.24) is 0 Å². The van der Waals surface area contributed by atoms with Crippen LogP contribution in [0.1, 0.15) is 18.9 Å². The van der Waals surface area contributed by atoms with Gasteiger partial charge in [0.2, 0.25) is 0 Å². The van der Waals surface area contributed by atoms with Gasteiger partial charge in [0.05, 0.1) is 5.69 Å². The minimum absolute atomic E-state index is 0.0608. The number of aromatic hydroxyl groups is 1. The number of phenolic OH excluding ortho intramolecular Hbond substituents is 1. The van der Waals surface area contributed by atoms with Gasteiger partial charge in [-0.1, -0.05) is 6.92 Å². The van der Waals surface area contributed by atoms with Crippen LogP contribution >= 0.6 is 0 Å². The monoisotopic (exact) mass is 224 g/mol. The van der Waals surface area contributed by atoms with Crippen LogP contribution in [0.25, 0.3) is 0 Å². The number of hydrogen-bond acceptors (Lipinski definition) is 4. The zero-order valence-corrected chi connectivity index (χ0v) is 9.36. The van der Waals surface area contributed by atoms with Gasteiger partial charge in [0.15, 0.2) is 6.10 Å². The molecule has 0 aromatic heterocycles. The number of hydrogen-bond donors (Lipinski definition) is 3. The second-order valence-corrected chi connectivity index (χ2v) is 3.59. The lowest BCUT2D eigenvalue weighted by Crippen LogP contribution is -2.32. The molecule has 1 aromatic carbocycles. The molecule has 5 nitrogen and oxygen atoms in total. The summed E-state index contributed by atoms with van der Waals surface area (Å²) in [4.78, 5) is 11.0. The zero-order chi connectivity index (χ0) is 12.3. The Morgan fingerprint density at radius 3 is 2.62 bits per heavy atom. The molecule has 0 heterocycles. The summed E-state index contributed by atoms with van der Waals surface area (Å²) in [6.45, 7) is 3.53. The largest absolute Gasteiger partial charge is 0.506 e. The summed E-state index contributed by atoms with van der Waals surface area (Å²) in [6.07, 6.45) is -0.220. The number of anilines is 1. The first-order valence-corrected chi connectivity index (χ1v) is 5.00. The highest BCUT2D eigenvalue weighted by molar-refractivity contribution is 5.79. The number of nitrogens with two attached hydrogens (primary N) is 2. The van der Waals surface area contributed by atoms with Crippen molar-refractivity contribution in [3.05, 3.63) is 17.7 Å². The Hall–Kier alpha value is -1.91. The average molecular weight is 224 g/mol. The standard InChI is InChI=1S/C11H16N2O3/c1-3-9(11(13)15)16-7-4-6(2)10(12)8(14)5-7/h4-5,9,14H,3,12H2,1-2H3,(H2,13,15)/t9-/m1/s1. The smallest absolute Gasteiger partial charge is 0.258 e. The first-order chi connectivity index (χ1) is 7.45. The molecule has 1 aromatic rings. The van der Waals surface area contributed by atoms with Crippen LogP contribution in [0.2, 0.25) is 0 Å². The fourth-order valence-corrected chi connectivity index (χ4v) is 1.32. The summed E-state index contributed by atoms with van der Waals surface area (Å²) in [6, 6.07) is 3.02.